The van der Waals surface area contributed by atoms with Crippen LogP contribution in [0.4, 0.5) is 0 Å². The van der Waals surface area contributed by atoms with Gasteiger partial charge in [-0.1, -0.05) is 6.07 Å². The third-order valence-electron chi connectivity index (χ3n) is 2.58. The van der Waals surface area contributed by atoms with Crippen molar-refractivity contribution in [1.82, 2.24) is 15.2 Å². The fourth-order valence-electron chi connectivity index (χ4n) is 1.82. The highest BCUT2D eigenvalue weighted by Crippen LogP contribution is 2.12. The molecule has 0 aliphatic carbocycles. The summed E-state index contributed by atoms with van der Waals surface area (Å²) in [5.74, 6) is 0.574. The highest BCUT2D eigenvalue weighted by Gasteiger charge is 2.17. The number of hydrogen-bond acceptors (Lipinski definition) is 5. The summed E-state index contributed by atoms with van der Waals surface area (Å²) in [6.45, 7) is 2.24. The van der Waals surface area contributed by atoms with Crippen molar-refractivity contribution < 1.29 is 4.92 Å². The Morgan fingerprint density at radius 3 is 3.11 bits per heavy atom. The van der Waals surface area contributed by atoms with Gasteiger partial charge in [-0.05, 0) is 18.1 Å². The Kier molecular flexibility index (Phi) is 5.38. The Morgan fingerprint density at radius 2 is 2.44 bits per heavy atom. The molecule has 0 bridgehead atoms. The molecule has 1 aromatic rings. The van der Waals surface area contributed by atoms with Gasteiger partial charge in [-0.15, -0.1) is 12.4 Å². The van der Waals surface area contributed by atoms with Gasteiger partial charge in [0.1, 0.15) is 0 Å². The zero-order chi connectivity index (χ0) is 12.1. The van der Waals surface area contributed by atoms with E-state index in [-0.39, 0.29) is 12.4 Å². The van der Waals surface area contributed by atoms with E-state index in [0.717, 1.165) is 31.3 Å². The van der Waals surface area contributed by atoms with Crippen molar-refractivity contribution in [3.63, 3.8) is 0 Å². The summed E-state index contributed by atoms with van der Waals surface area (Å²) in [6.07, 6.45) is 5.49. The second-order valence-corrected chi connectivity index (χ2v) is 3.86. The Hall–Kier alpha value is -1.82. The van der Waals surface area contributed by atoms with Crippen LogP contribution in [-0.4, -0.2) is 27.9 Å². The zero-order valence-electron chi connectivity index (χ0n) is 9.78. The lowest BCUT2D eigenvalue weighted by atomic mass is 10.2. The average Bonchev–Trinajstić information content (AvgIpc) is 2.32. The van der Waals surface area contributed by atoms with Crippen molar-refractivity contribution in [3.05, 3.63) is 52.2 Å². The second kappa shape index (κ2) is 6.80. The Balaban J connectivity index is 0.00000162. The van der Waals surface area contributed by atoms with Crippen molar-refractivity contribution in [2.75, 3.05) is 13.1 Å². The van der Waals surface area contributed by atoms with E-state index in [9.17, 15) is 10.1 Å². The smallest absolute Gasteiger partial charge is 0.274 e. The van der Waals surface area contributed by atoms with Crippen LogP contribution in [0.1, 0.15) is 12.0 Å². The van der Waals surface area contributed by atoms with Crippen LogP contribution in [0.3, 0.4) is 0 Å². The standard InChI is InChI=1S/C11H14N4O2.ClH/c16-15(17)9-11-13-5-2-6-14(11)8-10-3-1-4-12-7-10;/h1,3-4,7,9,13H,2,5-6,8H2;1H. The monoisotopic (exact) mass is 270 g/mol. The van der Waals surface area contributed by atoms with Gasteiger partial charge in [-0.25, -0.2) is 0 Å². The van der Waals surface area contributed by atoms with E-state index in [1.807, 2.05) is 17.0 Å². The maximum atomic E-state index is 10.5. The molecule has 0 amide bonds. The summed E-state index contributed by atoms with van der Waals surface area (Å²) in [5, 5.41) is 13.6. The van der Waals surface area contributed by atoms with Crippen LogP contribution < -0.4 is 5.32 Å². The van der Waals surface area contributed by atoms with Gasteiger partial charge >= 0.3 is 0 Å². The lowest BCUT2D eigenvalue weighted by Crippen LogP contribution is -2.39. The van der Waals surface area contributed by atoms with Crippen LogP contribution in [0.15, 0.2) is 36.5 Å². The first-order chi connectivity index (χ1) is 8.25. The minimum Gasteiger partial charge on any atom is -0.367 e. The fourth-order valence-corrected chi connectivity index (χ4v) is 1.82. The molecule has 0 spiro atoms. The van der Waals surface area contributed by atoms with Crippen LogP contribution in [-0.2, 0) is 6.54 Å². The summed E-state index contributed by atoms with van der Waals surface area (Å²) >= 11 is 0. The number of halogens is 1. The van der Waals surface area contributed by atoms with Gasteiger partial charge in [-0.3, -0.25) is 15.1 Å². The van der Waals surface area contributed by atoms with Gasteiger partial charge in [0.2, 0.25) is 0 Å². The lowest BCUT2D eigenvalue weighted by Gasteiger charge is -2.30. The summed E-state index contributed by atoms with van der Waals surface area (Å²) in [4.78, 5) is 16.1. The maximum Gasteiger partial charge on any atom is 0.274 e. The average molecular weight is 271 g/mol. The zero-order valence-corrected chi connectivity index (χ0v) is 10.6. The summed E-state index contributed by atoms with van der Waals surface area (Å²) < 4.78 is 0. The molecule has 98 valence electrons. The molecule has 1 saturated heterocycles. The van der Waals surface area contributed by atoms with E-state index < -0.39 is 4.92 Å². The van der Waals surface area contributed by atoms with E-state index >= 15 is 0 Å². The summed E-state index contributed by atoms with van der Waals surface area (Å²) in [6, 6.07) is 3.83. The van der Waals surface area contributed by atoms with Crippen LogP contribution in [0.5, 0.6) is 0 Å². The Labute approximate surface area is 111 Å². The molecular formula is C11H15ClN4O2. The van der Waals surface area contributed by atoms with Crippen LogP contribution >= 0.6 is 12.4 Å². The Bertz CT molecular complexity index is 424. The van der Waals surface area contributed by atoms with Crippen LogP contribution in [0.2, 0.25) is 0 Å². The molecule has 18 heavy (non-hydrogen) atoms. The molecular weight excluding hydrogens is 256 g/mol. The first-order valence-corrected chi connectivity index (χ1v) is 5.49. The predicted octanol–water partition coefficient (Wildman–Crippen LogP) is 1.37. The van der Waals surface area contributed by atoms with E-state index in [1.165, 1.54) is 0 Å². The molecule has 1 aliphatic rings. The van der Waals surface area contributed by atoms with Crippen LogP contribution in [0, 0.1) is 10.1 Å². The third kappa shape index (κ3) is 3.89. The molecule has 0 atom stereocenters. The lowest BCUT2D eigenvalue weighted by molar-refractivity contribution is -0.405. The number of nitrogens with zero attached hydrogens (tertiary/aromatic N) is 3. The largest absolute Gasteiger partial charge is 0.367 e. The van der Waals surface area contributed by atoms with Crippen molar-refractivity contribution in [2.24, 2.45) is 0 Å². The van der Waals surface area contributed by atoms with Crippen molar-refractivity contribution in [3.8, 4) is 0 Å². The van der Waals surface area contributed by atoms with Crippen LogP contribution in [0.25, 0.3) is 0 Å². The quantitative estimate of drug-likeness (QED) is 0.664. The molecule has 7 heteroatoms. The highest BCUT2D eigenvalue weighted by atomic mass is 35.5. The van der Waals surface area contributed by atoms with E-state index in [1.54, 1.807) is 12.4 Å². The number of rotatable bonds is 3. The van der Waals surface area contributed by atoms with Crippen molar-refractivity contribution in [2.45, 2.75) is 13.0 Å². The van der Waals surface area contributed by atoms with Gasteiger partial charge in [0.05, 0.1) is 4.92 Å². The van der Waals surface area contributed by atoms with Gasteiger partial charge < -0.3 is 10.2 Å². The molecule has 1 N–H and O–H groups in total. The molecule has 2 rings (SSSR count). The SMILES string of the molecule is Cl.O=[N+]([O-])C=C1NCCCN1Cc1cccnc1. The second-order valence-electron chi connectivity index (χ2n) is 3.86. The number of nitrogens with one attached hydrogen (secondary N) is 1. The number of pyridine rings is 1. The van der Waals surface area contributed by atoms with E-state index in [0.29, 0.717) is 12.4 Å². The molecule has 0 unspecified atom stereocenters. The minimum absolute atomic E-state index is 0. The van der Waals surface area contributed by atoms with E-state index in [2.05, 4.69) is 10.3 Å². The van der Waals surface area contributed by atoms with Gasteiger partial charge in [0.15, 0.2) is 5.82 Å². The molecule has 0 saturated carbocycles. The molecule has 2 heterocycles. The Morgan fingerprint density at radius 1 is 1.61 bits per heavy atom. The minimum atomic E-state index is -0.427. The molecule has 0 radical (unpaired) electrons. The van der Waals surface area contributed by atoms with E-state index in [4.69, 9.17) is 0 Å². The number of hydrogen-bond donors (Lipinski definition) is 1. The van der Waals surface area contributed by atoms with Gasteiger partial charge in [-0.2, -0.15) is 0 Å². The predicted molar refractivity (Wildman–Crippen MR) is 69.6 cm³/mol. The first kappa shape index (κ1) is 14.2. The fraction of sp³-hybridized carbons (Fsp3) is 0.364. The molecule has 1 fully saturated rings. The third-order valence-corrected chi connectivity index (χ3v) is 2.58. The summed E-state index contributed by atoms with van der Waals surface area (Å²) in [5.41, 5.74) is 1.05. The van der Waals surface area contributed by atoms with Gasteiger partial charge in [0.25, 0.3) is 6.20 Å². The topological polar surface area (TPSA) is 71.3 Å². The van der Waals surface area contributed by atoms with Crippen molar-refractivity contribution >= 4 is 12.4 Å². The van der Waals surface area contributed by atoms with Crippen molar-refractivity contribution in [1.29, 1.82) is 0 Å². The maximum absolute atomic E-state index is 10.5. The van der Waals surface area contributed by atoms with Gasteiger partial charge in [0, 0.05) is 32.0 Å². The first-order valence-electron chi connectivity index (χ1n) is 5.49. The molecule has 6 nitrogen and oxygen atoms in total. The molecule has 0 aromatic carbocycles. The number of aromatic nitrogens is 1. The highest BCUT2D eigenvalue weighted by molar-refractivity contribution is 5.85. The molecule has 1 aliphatic heterocycles. The normalized spacial score (nSPS) is 16.9. The summed E-state index contributed by atoms with van der Waals surface area (Å²) in [7, 11) is 0. The molecule has 1 aromatic heterocycles. The number of nitro groups is 1.